The number of benzene rings is 2. The molecule has 1 aliphatic rings. The predicted octanol–water partition coefficient (Wildman–Crippen LogP) is 4.82. The lowest BCUT2D eigenvalue weighted by molar-refractivity contribution is -0.376. The Balaban J connectivity index is 2.11. The maximum Gasteiger partial charge on any atom is 0.430 e. The molecule has 1 unspecified atom stereocenters. The Hall–Kier alpha value is -3.67. The van der Waals surface area contributed by atoms with Crippen LogP contribution in [0.2, 0.25) is 0 Å². The van der Waals surface area contributed by atoms with Crippen molar-refractivity contribution in [2.24, 2.45) is 16.5 Å². The summed E-state index contributed by atoms with van der Waals surface area (Å²) in [5, 5.41) is 13.0. The molecular formula is C26H29F6N5O. The van der Waals surface area contributed by atoms with Gasteiger partial charge in [0.25, 0.3) is 5.60 Å². The third-order valence-corrected chi connectivity index (χ3v) is 6.56. The van der Waals surface area contributed by atoms with Crippen molar-refractivity contribution in [1.82, 2.24) is 5.32 Å². The molecule has 2 aromatic rings. The van der Waals surface area contributed by atoms with Gasteiger partial charge in [0.05, 0.1) is 11.7 Å². The molecule has 0 amide bonds. The molecule has 1 aliphatic heterocycles. The van der Waals surface area contributed by atoms with Crippen LogP contribution in [-0.2, 0) is 5.60 Å². The van der Waals surface area contributed by atoms with E-state index in [2.05, 4.69) is 10.3 Å². The fourth-order valence-corrected chi connectivity index (χ4v) is 4.54. The summed E-state index contributed by atoms with van der Waals surface area (Å²) in [5.41, 5.74) is 10.3. The van der Waals surface area contributed by atoms with Gasteiger partial charge in [0.2, 0.25) is 0 Å². The second-order valence-electron chi connectivity index (χ2n) is 8.96. The van der Waals surface area contributed by atoms with Crippen LogP contribution in [0.1, 0.15) is 41.6 Å². The highest BCUT2D eigenvalue weighted by atomic mass is 19.4. The van der Waals surface area contributed by atoms with E-state index in [9.17, 15) is 31.4 Å². The first-order valence-electron chi connectivity index (χ1n) is 11.6. The van der Waals surface area contributed by atoms with Gasteiger partial charge in [-0.05, 0) is 42.7 Å². The summed E-state index contributed by atoms with van der Waals surface area (Å²) < 4.78 is 79.9. The van der Waals surface area contributed by atoms with Gasteiger partial charge in [-0.3, -0.25) is 4.99 Å². The molecule has 1 heterocycles. The second kappa shape index (κ2) is 10.6. The first kappa shape index (κ1) is 28.9. The number of halogens is 6. The number of hydrogen-bond acceptors (Lipinski definition) is 6. The number of nitrogens with one attached hydrogen (secondary N) is 1. The Labute approximate surface area is 216 Å². The number of aliphatic imine (C=N–C) groups is 1. The van der Waals surface area contributed by atoms with Gasteiger partial charge in [0.1, 0.15) is 0 Å². The molecule has 0 radical (unpaired) electrons. The lowest BCUT2D eigenvalue weighted by Crippen LogP contribution is -2.53. The molecule has 0 spiro atoms. The maximum absolute atomic E-state index is 13.3. The van der Waals surface area contributed by atoms with E-state index >= 15 is 0 Å². The number of anilines is 1. The van der Waals surface area contributed by atoms with Crippen LogP contribution in [0.15, 0.2) is 59.4 Å². The molecule has 2 aromatic carbocycles. The number of allylic oxidation sites excluding steroid dienone is 2. The number of aliphatic hydroxyl groups is 1. The van der Waals surface area contributed by atoms with E-state index in [1.54, 1.807) is 32.1 Å². The number of hydrogen-bond donors (Lipinski definition) is 4. The summed E-state index contributed by atoms with van der Waals surface area (Å²) in [7, 11) is 3.29. The molecule has 3 rings (SSSR count). The van der Waals surface area contributed by atoms with Crippen molar-refractivity contribution in [2.75, 3.05) is 25.5 Å². The van der Waals surface area contributed by atoms with Gasteiger partial charge in [0.15, 0.2) is 0 Å². The largest absolute Gasteiger partial charge is 0.430 e. The number of fused-ring (bicyclic) bond motifs is 1. The first-order chi connectivity index (χ1) is 17.7. The fraction of sp³-hybridized carbons (Fsp3) is 0.346. The predicted molar refractivity (Wildman–Crippen MR) is 136 cm³/mol. The van der Waals surface area contributed by atoms with Gasteiger partial charge < -0.3 is 26.8 Å². The number of nitrogens with two attached hydrogens (primary N) is 2. The lowest BCUT2D eigenvalue weighted by atomic mass is 9.90. The highest BCUT2D eigenvalue weighted by Crippen LogP contribution is 2.50. The van der Waals surface area contributed by atoms with Gasteiger partial charge in [0, 0.05) is 61.1 Å². The number of alkyl halides is 6. The zero-order valence-electron chi connectivity index (χ0n) is 21.0. The molecule has 0 aromatic heterocycles. The molecule has 0 bridgehead atoms. The van der Waals surface area contributed by atoms with Crippen LogP contribution < -0.4 is 21.7 Å². The van der Waals surface area contributed by atoms with E-state index in [4.69, 9.17) is 11.5 Å². The Bertz CT molecular complexity index is 1230. The van der Waals surface area contributed by atoms with Gasteiger partial charge in [-0.25, -0.2) is 0 Å². The van der Waals surface area contributed by atoms with Crippen molar-refractivity contribution in [2.45, 2.75) is 37.3 Å². The van der Waals surface area contributed by atoms with Crippen LogP contribution in [0.4, 0.5) is 32.0 Å². The lowest BCUT2D eigenvalue weighted by Gasteiger charge is -2.34. The molecule has 6 N–H and O–H groups in total. The molecule has 0 saturated carbocycles. The van der Waals surface area contributed by atoms with Crippen molar-refractivity contribution in [3.63, 3.8) is 0 Å². The molecule has 38 heavy (non-hydrogen) atoms. The summed E-state index contributed by atoms with van der Waals surface area (Å²) in [6.07, 6.45) is -8.38. The quantitative estimate of drug-likeness (QED) is 0.322. The van der Waals surface area contributed by atoms with Crippen molar-refractivity contribution < 1.29 is 31.4 Å². The Morgan fingerprint density at radius 3 is 2.18 bits per heavy atom. The van der Waals surface area contributed by atoms with Gasteiger partial charge in [-0.1, -0.05) is 24.3 Å². The van der Waals surface area contributed by atoms with E-state index in [-0.39, 0.29) is 6.04 Å². The summed E-state index contributed by atoms with van der Waals surface area (Å²) in [5.74, 6) is 0. The minimum atomic E-state index is -5.96. The standard InChI is InChI=1S/C26H29F6N5O/c1-15(34)23-20-9-4-16(17(13-33)14-35-2)12-21(20)22(10-11-36-23)37(3)19-7-5-18(6-8-19)24(38,25(27,28)29)26(30,31)32/h4-9,12-14,22,36,38H,10-11,33-34H2,1-3H3/b17-13?,23-15-,35-14?. The summed E-state index contributed by atoms with van der Waals surface area (Å²) in [6.45, 7) is 2.25. The highest BCUT2D eigenvalue weighted by Gasteiger charge is 2.71. The minimum Gasteiger partial charge on any atom is -0.404 e. The van der Waals surface area contributed by atoms with Crippen LogP contribution in [0.3, 0.4) is 0 Å². The Morgan fingerprint density at radius 2 is 1.68 bits per heavy atom. The van der Waals surface area contributed by atoms with Gasteiger partial charge in [-0.2, -0.15) is 26.3 Å². The van der Waals surface area contributed by atoms with E-state index in [0.717, 1.165) is 34.5 Å². The molecule has 6 nitrogen and oxygen atoms in total. The monoisotopic (exact) mass is 541 g/mol. The second-order valence-corrected chi connectivity index (χ2v) is 8.96. The van der Waals surface area contributed by atoms with E-state index in [1.807, 2.05) is 18.2 Å². The fourth-order valence-electron chi connectivity index (χ4n) is 4.54. The molecule has 12 heteroatoms. The summed E-state index contributed by atoms with van der Waals surface area (Å²) >= 11 is 0. The highest BCUT2D eigenvalue weighted by molar-refractivity contribution is 6.09. The topological polar surface area (TPSA) is 99.9 Å². The molecule has 0 fully saturated rings. The van der Waals surface area contributed by atoms with Crippen LogP contribution in [-0.4, -0.2) is 44.3 Å². The van der Waals surface area contributed by atoms with E-state index in [1.165, 1.54) is 6.20 Å². The summed E-state index contributed by atoms with van der Waals surface area (Å²) in [6, 6.07) is 8.82. The van der Waals surface area contributed by atoms with E-state index in [0.29, 0.717) is 42.1 Å². The number of rotatable bonds is 5. The summed E-state index contributed by atoms with van der Waals surface area (Å²) in [4.78, 5) is 5.77. The van der Waals surface area contributed by atoms with Crippen molar-refractivity contribution in [1.29, 1.82) is 0 Å². The van der Waals surface area contributed by atoms with Gasteiger partial charge >= 0.3 is 12.4 Å². The first-order valence-corrected chi connectivity index (χ1v) is 11.6. The molecule has 206 valence electrons. The van der Waals surface area contributed by atoms with Crippen molar-refractivity contribution in [3.05, 3.63) is 76.6 Å². The smallest absolute Gasteiger partial charge is 0.404 e. The zero-order chi connectivity index (χ0) is 28.5. The number of nitrogens with zero attached hydrogens (tertiary/aromatic N) is 2. The van der Waals surface area contributed by atoms with Crippen LogP contribution in [0.25, 0.3) is 11.3 Å². The third-order valence-electron chi connectivity index (χ3n) is 6.56. The zero-order valence-corrected chi connectivity index (χ0v) is 21.0. The Kier molecular flexibility index (Phi) is 8.06. The minimum absolute atomic E-state index is 0.346. The Morgan fingerprint density at radius 1 is 1.08 bits per heavy atom. The SMILES string of the molecule is CN=CC(=CN)c1ccc2c(c1)C(N(C)c1ccc(C(O)(C(F)(F)F)C(F)(F)F)cc1)CCN/C2=C(/C)N. The average molecular weight is 542 g/mol. The van der Waals surface area contributed by atoms with Crippen LogP contribution in [0.5, 0.6) is 0 Å². The molecule has 0 saturated heterocycles. The maximum atomic E-state index is 13.3. The molecular weight excluding hydrogens is 512 g/mol. The third kappa shape index (κ3) is 5.17. The molecule has 0 aliphatic carbocycles. The van der Waals surface area contributed by atoms with Gasteiger partial charge in [-0.15, -0.1) is 0 Å². The van der Waals surface area contributed by atoms with Crippen molar-refractivity contribution >= 4 is 23.2 Å². The van der Waals surface area contributed by atoms with Crippen LogP contribution >= 0.6 is 0 Å². The normalized spacial score (nSPS) is 18.6. The van der Waals surface area contributed by atoms with Crippen LogP contribution in [0, 0.1) is 0 Å². The molecule has 1 atom stereocenters. The van der Waals surface area contributed by atoms with E-state index < -0.39 is 23.5 Å². The van der Waals surface area contributed by atoms with Crippen molar-refractivity contribution in [3.8, 4) is 0 Å². The average Bonchev–Trinajstić information content (AvgIpc) is 3.04.